The molecule has 0 radical (unpaired) electrons. The fraction of sp³-hybridized carbons (Fsp3) is 0.520. The number of carbonyl (C=O) groups excluding carboxylic acids is 1. The lowest BCUT2D eigenvalue weighted by Gasteiger charge is -2.32. The van der Waals surface area contributed by atoms with Gasteiger partial charge in [0.2, 0.25) is 11.6 Å². The second-order valence-corrected chi connectivity index (χ2v) is 9.80. The maximum Gasteiger partial charge on any atom is 0.293 e. The van der Waals surface area contributed by atoms with Gasteiger partial charge in [-0.1, -0.05) is 54.8 Å². The van der Waals surface area contributed by atoms with E-state index >= 15 is 0 Å². The molecule has 1 aromatic carbocycles. The molecule has 3 N–H and O–H groups in total. The topological polar surface area (TPSA) is 140 Å². The smallest absolute Gasteiger partial charge is 0.293 e. The summed E-state index contributed by atoms with van der Waals surface area (Å²) in [6.07, 6.45) is 11.0. The molecule has 0 unspecified atom stereocenters. The number of hydrogen-bond acceptors (Lipinski definition) is 9. The lowest BCUT2D eigenvalue weighted by Crippen LogP contribution is -2.35. The molecule has 1 aliphatic heterocycles. The summed E-state index contributed by atoms with van der Waals surface area (Å²) >= 11 is 0. The van der Waals surface area contributed by atoms with E-state index in [-0.39, 0.29) is 17.3 Å². The lowest BCUT2D eigenvalue weighted by molar-refractivity contribution is 0.0946. The second kappa shape index (κ2) is 11.4. The third-order valence-corrected chi connectivity index (χ3v) is 7.22. The van der Waals surface area contributed by atoms with Gasteiger partial charge in [0, 0.05) is 12.8 Å². The minimum atomic E-state index is -0.405. The van der Waals surface area contributed by atoms with E-state index in [1.807, 2.05) is 6.21 Å². The van der Waals surface area contributed by atoms with Crippen molar-refractivity contribution in [3.63, 3.8) is 0 Å². The number of nitrogens with one attached hydrogen (secondary N) is 1. The Morgan fingerprint density at radius 2 is 1.89 bits per heavy atom. The molecular weight excluding hydrogens is 458 g/mol. The number of anilines is 1. The Morgan fingerprint density at radius 3 is 2.61 bits per heavy atom. The Hall–Kier alpha value is -3.60. The third-order valence-electron chi connectivity index (χ3n) is 7.22. The van der Waals surface area contributed by atoms with Crippen molar-refractivity contribution in [3.05, 3.63) is 47.3 Å². The molecule has 2 fully saturated rings. The van der Waals surface area contributed by atoms with Crippen LogP contribution in [0.15, 0.2) is 40.1 Å². The highest BCUT2D eigenvalue weighted by Crippen LogP contribution is 2.25. The molecule has 36 heavy (non-hydrogen) atoms. The number of carbonyl (C=O) groups is 1. The molecule has 11 heteroatoms. The van der Waals surface area contributed by atoms with Gasteiger partial charge < -0.3 is 5.73 Å². The first-order valence-corrected chi connectivity index (χ1v) is 12.8. The van der Waals surface area contributed by atoms with Crippen molar-refractivity contribution in [2.45, 2.75) is 57.9 Å². The summed E-state index contributed by atoms with van der Waals surface area (Å²) in [6.45, 7) is 2.30. The molecule has 1 saturated heterocycles. The second-order valence-electron chi connectivity index (χ2n) is 9.80. The molecule has 0 bridgehead atoms. The van der Waals surface area contributed by atoms with E-state index < -0.39 is 5.91 Å². The molecule has 5 rings (SSSR count). The average molecular weight is 492 g/mol. The van der Waals surface area contributed by atoms with Crippen LogP contribution in [0.3, 0.4) is 0 Å². The number of nitrogens with zero attached hydrogens (tertiary/aromatic N) is 7. The number of nitrogens with two attached hydrogens (primary N) is 1. The summed E-state index contributed by atoms with van der Waals surface area (Å²) in [5, 5.41) is 20.0. The summed E-state index contributed by atoms with van der Waals surface area (Å²) in [5.41, 5.74) is 10.7. The number of piperidine rings is 1. The summed E-state index contributed by atoms with van der Waals surface area (Å²) in [5.74, 6) is 0.954. The van der Waals surface area contributed by atoms with Crippen LogP contribution in [-0.2, 0) is 13.0 Å². The predicted octanol–water partition coefficient (Wildman–Crippen LogP) is 2.98. The largest absolute Gasteiger partial charge is 0.378 e. The minimum Gasteiger partial charge on any atom is -0.378 e. The number of hydrazone groups is 1. The van der Waals surface area contributed by atoms with Crippen molar-refractivity contribution in [2.24, 2.45) is 16.9 Å². The van der Waals surface area contributed by atoms with E-state index in [0.29, 0.717) is 24.1 Å². The van der Waals surface area contributed by atoms with Crippen molar-refractivity contribution >= 4 is 17.9 Å². The van der Waals surface area contributed by atoms with Crippen LogP contribution >= 0.6 is 0 Å². The van der Waals surface area contributed by atoms with Gasteiger partial charge in [0.05, 0.1) is 5.69 Å². The number of amides is 1. The van der Waals surface area contributed by atoms with Crippen LogP contribution in [-0.4, -0.2) is 55.4 Å². The highest BCUT2D eigenvalue weighted by Gasteiger charge is 2.27. The summed E-state index contributed by atoms with van der Waals surface area (Å²) in [4.78, 5) is 15.3. The van der Waals surface area contributed by atoms with E-state index in [0.717, 1.165) is 45.2 Å². The number of benzene rings is 1. The van der Waals surface area contributed by atoms with Crippen molar-refractivity contribution < 1.29 is 9.42 Å². The molecule has 3 aromatic rings. The molecule has 1 amide bonds. The van der Waals surface area contributed by atoms with E-state index in [4.69, 9.17) is 10.4 Å². The maximum absolute atomic E-state index is 13.0. The van der Waals surface area contributed by atoms with Crippen molar-refractivity contribution in [1.29, 1.82) is 0 Å². The monoisotopic (exact) mass is 491 g/mol. The lowest BCUT2D eigenvalue weighted by atomic mass is 9.90. The van der Waals surface area contributed by atoms with Gasteiger partial charge in [-0.05, 0) is 72.9 Å². The van der Waals surface area contributed by atoms with Crippen molar-refractivity contribution in [2.75, 3.05) is 18.8 Å². The van der Waals surface area contributed by atoms with Crippen molar-refractivity contribution in [3.8, 4) is 5.82 Å². The minimum absolute atomic E-state index is 0.0880. The number of aromatic nitrogens is 5. The highest BCUT2D eigenvalue weighted by atomic mass is 16.6. The van der Waals surface area contributed by atoms with Gasteiger partial charge in [0.15, 0.2) is 5.69 Å². The molecule has 2 aromatic heterocycles. The van der Waals surface area contributed by atoms with Crippen LogP contribution in [0.4, 0.5) is 5.82 Å². The van der Waals surface area contributed by atoms with E-state index in [1.54, 1.807) is 0 Å². The summed E-state index contributed by atoms with van der Waals surface area (Å²) in [7, 11) is 0. The number of nitrogen functional groups attached to an aromatic ring is 1. The van der Waals surface area contributed by atoms with E-state index in [2.05, 4.69) is 66.4 Å². The highest BCUT2D eigenvalue weighted by molar-refractivity contribution is 5.93. The van der Waals surface area contributed by atoms with E-state index in [9.17, 15) is 4.79 Å². The zero-order valence-corrected chi connectivity index (χ0v) is 20.4. The standard InChI is InChI=1S/C25H33N9O2/c26-23-24(31-36-30-23)34-21(17-33-13-11-19(12-14-33)15-18-7-3-1-4-8-18)22(28-32-34)25(35)29-27-16-20-9-5-2-6-10-20/h1,3-4,7-8,16,19-20H,2,5-6,9-15,17H2,(H2,26,30)(H,29,35)/b27-16+. The van der Waals surface area contributed by atoms with Gasteiger partial charge in [0.1, 0.15) is 0 Å². The van der Waals surface area contributed by atoms with Crippen LogP contribution in [0.1, 0.15) is 66.7 Å². The molecule has 1 saturated carbocycles. The maximum atomic E-state index is 13.0. The fourth-order valence-electron chi connectivity index (χ4n) is 5.17. The summed E-state index contributed by atoms with van der Waals surface area (Å²) in [6, 6.07) is 10.6. The van der Waals surface area contributed by atoms with Gasteiger partial charge in [-0.25, -0.2) is 10.1 Å². The summed E-state index contributed by atoms with van der Waals surface area (Å²) < 4.78 is 6.21. The number of rotatable bonds is 8. The Kier molecular flexibility index (Phi) is 7.65. The zero-order chi connectivity index (χ0) is 24.7. The molecule has 0 atom stereocenters. The normalized spacial score (nSPS) is 18.1. The Bertz CT molecular complexity index is 1160. The first kappa shape index (κ1) is 24.1. The van der Waals surface area contributed by atoms with Gasteiger partial charge in [-0.3, -0.25) is 9.69 Å². The molecular formula is C25H33N9O2. The molecule has 0 spiro atoms. The first-order valence-electron chi connectivity index (χ1n) is 12.8. The van der Waals surface area contributed by atoms with Gasteiger partial charge in [-0.15, -0.1) is 5.10 Å². The van der Waals surface area contributed by atoms with Crippen LogP contribution in [0.5, 0.6) is 0 Å². The molecule has 190 valence electrons. The Morgan fingerprint density at radius 1 is 1.11 bits per heavy atom. The van der Waals surface area contributed by atoms with E-state index in [1.165, 1.54) is 29.5 Å². The molecule has 3 heterocycles. The first-order chi connectivity index (χ1) is 17.7. The average Bonchev–Trinajstić information content (AvgIpc) is 3.52. The Balaban J connectivity index is 1.27. The molecule has 11 nitrogen and oxygen atoms in total. The van der Waals surface area contributed by atoms with Gasteiger partial charge in [0.25, 0.3) is 5.91 Å². The quantitative estimate of drug-likeness (QED) is 0.362. The fourth-order valence-corrected chi connectivity index (χ4v) is 5.17. The number of likely N-dealkylation sites (tertiary alicyclic amines) is 1. The molecule has 1 aliphatic carbocycles. The van der Waals surface area contributed by atoms with Gasteiger partial charge >= 0.3 is 0 Å². The van der Waals surface area contributed by atoms with Crippen molar-refractivity contribution in [1.82, 2.24) is 35.6 Å². The SMILES string of the molecule is Nc1nonc1-n1nnc(C(=O)N/N=C/C2CCCCC2)c1CN1CCC(Cc2ccccc2)CC1. The van der Waals surface area contributed by atoms with Crippen LogP contribution < -0.4 is 11.2 Å². The van der Waals surface area contributed by atoms with Crippen LogP contribution in [0.25, 0.3) is 5.82 Å². The third kappa shape index (κ3) is 5.78. The van der Waals surface area contributed by atoms with Crippen LogP contribution in [0, 0.1) is 11.8 Å². The zero-order valence-electron chi connectivity index (χ0n) is 20.4. The Labute approximate surface area is 210 Å². The van der Waals surface area contributed by atoms with Crippen LogP contribution in [0.2, 0.25) is 0 Å². The molecule has 2 aliphatic rings. The number of hydrogen-bond donors (Lipinski definition) is 2. The van der Waals surface area contributed by atoms with Gasteiger partial charge in [-0.2, -0.15) is 9.78 Å². The predicted molar refractivity (Wildman–Crippen MR) is 134 cm³/mol.